The maximum Gasteiger partial charge on any atom is 0.407 e. The summed E-state index contributed by atoms with van der Waals surface area (Å²) in [7, 11) is 0. The van der Waals surface area contributed by atoms with Gasteiger partial charge in [0.1, 0.15) is 6.29 Å². The normalized spacial score (nSPS) is 14.1. The summed E-state index contributed by atoms with van der Waals surface area (Å²) in [4.78, 5) is 21.9. The fraction of sp³-hybridized carbons (Fsp3) is 0.818. The van der Waals surface area contributed by atoms with Gasteiger partial charge in [-0.2, -0.15) is 0 Å². The van der Waals surface area contributed by atoms with Crippen LogP contribution in [-0.2, 0) is 9.53 Å². The van der Waals surface area contributed by atoms with Gasteiger partial charge in [-0.3, -0.25) is 0 Å². The minimum absolute atomic E-state index is 0.140. The van der Waals surface area contributed by atoms with E-state index in [1.54, 1.807) is 0 Å². The monoisotopic (exact) mass is 215 g/mol. The maximum atomic E-state index is 11.2. The molecule has 0 saturated heterocycles. The molecule has 0 aliphatic heterocycles. The van der Waals surface area contributed by atoms with Gasteiger partial charge in [-0.25, -0.2) is 4.79 Å². The Bertz CT molecular complexity index is 194. The highest BCUT2D eigenvalue weighted by atomic mass is 16.5. The van der Waals surface area contributed by atoms with Crippen LogP contribution in [0.15, 0.2) is 0 Å². The first-order valence-corrected chi connectivity index (χ1v) is 5.54. The smallest absolute Gasteiger partial charge is 0.407 e. The highest BCUT2D eigenvalue weighted by molar-refractivity contribution is 5.73. The Hall–Kier alpha value is -1.06. The van der Waals surface area contributed by atoms with Crippen LogP contribution in [0.5, 0.6) is 0 Å². The Morgan fingerprint density at radius 1 is 1.47 bits per heavy atom. The number of amides is 1. The molecule has 0 aliphatic rings. The van der Waals surface area contributed by atoms with E-state index in [0.717, 1.165) is 25.5 Å². The third kappa shape index (κ3) is 6.10. The van der Waals surface area contributed by atoms with Crippen molar-refractivity contribution in [2.75, 3.05) is 6.61 Å². The summed E-state index contributed by atoms with van der Waals surface area (Å²) in [6, 6.07) is -0.441. The van der Waals surface area contributed by atoms with Crippen molar-refractivity contribution >= 4 is 12.4 Å². The molecule has 0 heterocycles. The summed E-state index contributed by atoms with van der Waals surface area (Å²) in [6.07, 6.45) is 2.94. The number of alkyl carbamates (subject to hydrolysis) is 1. The summed E-state index contributed by atoms with van der Waals surface area (Å²) < 4.78 is 4.90. The fourth-order valence-corrected chi connectivity index (χ4v) is 1.05. The minimum atomic E-state index is -0.499. The quantitative estimate of drug-likeness (QED) is 0.523. The molecule has 0 aromatic carbocycles. The molecule has 0 bridgehead atoms. The molecule has 2 atom stereocenters. The predicted octanol–water partition coefficient (Wildman–Crippen LogP) is 2.13. The summed E-state index contributed by atoms with van der Waals surface area (Å²) in [5.74, 6) is 0.140. The van der Waals surface area contributed by atoms with Gasteiger partial charge in [0.05, 0.1) is 12.6 Å². The van der Waals surface area contributed by atoms with Crippen LogP contribution in [0.25, 0.3) is 0 Å². The van der Waals surface area contributed by atoms with Gasteiger partial charge in [0.2, 0.25) is 0 Å². The molecule has 0 aromatic heterocycles. The van der Waals surface area contributed by atoms with Gasteiger partial charge in [-0.05, 0) is 12.3 Å². The number of carbonyl (C=O) groups excluding carboxylic acids is 2. The van der Waals surface area contributed by atoms with Crippen LogP contribution in [0.4, 0.5) is 4.79 Å². The van der Waals surface area contributed by atoms with Crippen LogP contribution < -0.4 is 5.32 Å². The molecule has 0 radical (unpaired) electrons. The number of nitrogens with one attached hydrogen (secondary N) is 1. The lowest BCUT2D eigenvalue weighted by molar-refractivity contribution is -0.110. The van der Waals surface area contributed by atoms with Gasteiger partial charge < -0.3 is 14.8 Å². The van der Waals surface area contributed by atoms with Crippen LogP contribution >= 0.6 is 0 Å². The molecule has 15 heavy (non-hydrogen) atoms. The van der Waals surface area contributed by atoms with E-state index in [2.05, 4.69) is 5.32 Å². The Balaban J connectivity index is 3.85. The Kier molecular flexibility index (Phi) is 7.68. The summed E-state index contributed by atoms with van der Waals surface area (Å²) >= 11 is 0. The SMILES string of the molecule is CCCCOC(=O)N[C@H](C=O)[C@@H](C)CC. The molecular formula is C11H21NO3. The second-order valence-electron chi connectivity index (χ2n) is 3.68. The second-order valence-corrected chi connectivity index (χ2v) is 3.68. The van der Waals surface area contributed by atoms with E-state index in [4.69, 9.17) is 4.74 Å². The molecule has 1 amide bonds. The lowest BCUT2D eigenvalue weighted by Gasteiger charge is -2.18. The van der Waals surface area contributed by atoms with Gasteiger partial charge in [0.25, 0.3) is 0 Å². The van der Waals surface area contributed by atoms with Gasteiger partial charge in [-0.1, -0.05) is 33.6 Å². The third-order valence-corrected chi connectivity index (χ3v) is 2.42. The fourth-order valence-electron chi connectivity index (χ4n) is 1.05. The summed E-state index contributed by atoms with van der Waals surface area (Å²) in [5.41, 5.74) is 0. The molecule has 4 nitrogen and oxygen atoms in total. The van der Waals surface area contributed by atoms with E-state index < -0.39 is 12.1 Å². The first-order chi connectivity index (χ1) is 7.15. The molecule has 0 saturated carbocycles. The van der Waals surface area contributed by atoms with Crippen molar-refractivity contribution in [3.05, 3.63) is 0 Å². The number of aldehydes is 1. The Morgan fingerprint density at radius 3 is 2.60 bits per heavy atom. The molecule has 0 rings (SSSR count). The standard InChI is InChI=1S/C11H21NO3/c1-4-6-7-15-11(14)12-10(8-13)9(3)5-2/h8-10H,4-7H2,1-3H3,(H,12,14)/t9-,10+/m0/s1. The van der Waals surface area contributed by atoms with E-state index >= 15 is 0 Å². The zero-order valence-corrected chi connectivity index (χ0v) is 9.79. The number of rotatable bonds is 7. The largest absolute Gasteiger partial charge is 0.450 e. The molecule has 0 fully saturated rings. The molecule has 4 heteroatoms. The van der Waals surface area contributed by atoms with Gasteiger partial charge in [0.15, 0.2) is 0 Å². The van der Waals surface area contributed by atoms with Crippen molar-refractivity contribution in [2.24, 2.45) is 5.92 Å². The lowest BCUT2D eigenvalue weighted by atomic mass is 10.0. The highest BCUT2D eigenvalue weighted by Crippen LogP contribution is 2.05. The van der Waals surface area contributed by atoms with E-state index in [-0.39, 0.29) is 5.92 Å². The van der Waals surface area contributed by atoms with Crippen molar-refractivity contribution < 1.29 is 14.3 Å². The lowest BCUT2D eigenvalue weighted by Crippen LogP contribution is -2.40. The first-order valence-electron chi connectivity index (χ1n) is 5.54. The zero-order chi connectivity index (χ0) is 11.7. The second kappa shape index (κ2) is 8.26. The Morgan fingerprint density at radius 2 is 2.13 bits per heavy atom. The van der Waals surface area contributed by atoms with Crippen LogP contribution in [0.1, 0.15) is 40.0 Å². The van der Waals surface area contributed by atoms with Crippen molar-refractivity contribution in [3.63, 3.8) is 0 Å². The van der Waals surface area contributed by atoms with Crippen LogP contribution in [0.2, 0.25) is 0 Å². The van der Waals surface area contributed by atoms with Gasteiger partial charge in [0, 0.05) is 0 Å². The number of unbranched alkanes of at least 4 members (excludes halogenated alkanes) is 1. The number of carbonyl (C=O) groups is 2. The maximum absolute atomic E-state index is 11.2. The molecule has 1 N–H and O–H groups in total. The molecular weight excluding hydrogens is 194 g/mol. The zero-order valence-electron chi connectivity index (χ0n) is 9.79. The number of ether oxygens (including phenoxy) is 1. The van der Waals surface area contributed by atoms with Crippen molar-refractivity contribution in [1.82, 2.24) is 5.32 Å². The molecule has 0 unspecified atom stereocenters. The first kappa shape index (κ1) is 13.9. The van der Waals surface area contributed by atoms with E-state index in [9.17, 15) is 9.59 Å². The third-order valence-electron chi connectivity index (χ3n) is 2.42. The van der Waals surface area contributed by atoms with Crippen molar-refractivity contribution in [3.8, 4) is 0 Å². The van der Waals surface area contributed by atoms with Crippen LogP contribution in [-0.4, -0.2) is 25.0 Å². The molecule has 0 spiro atoms. The predicted molar refractivity (Wildman–Crippen MR) is 58.7 cm³/mol. The van der Waals surface area contributed by atoms with Crippen molar-refractivity contribution in [1.29, 1.82) is 0 Å². The van der Waals surface area contributed by atoms with E-state index in [1.807, 2.05) is 20.8 Å². The summed E-state index contributed by atoms with van der Waals surface area (Å²) in [6.45, 7) is 6.33. The molecule has 0 aliphatic carbocycles. The number of hydrogen-bond acceptors (Lipinski definition) is 3. The average molecular weight is 215 g/mol. The Labute approximate surface area is 91.4 Å². The van der Waals surface area contributed by atoms with Crippen LogP contribution in [0, 0.1) is 5.92 Å². The van der Waals surface area contributed by atoms with Crippen LogP contribution in [0.3, 0.4) is 0 Å². The average Bonchev–Trinajstić information content (AvgIpc) is 2.25. The summed E-state index contributed by atoms with van der Waals surface area (Å²) in [5, 5.41) is 2.55. The molecule has 0 aromatic rings. The topological polar surface area (TPSA) is 55.4 Å². The van der Waals surface area contributed by atoms with Gasteiger partial charge >= 0.3 is 6.09 Å². The highest BCUT2D eigenvalue weighted by Gasteiger charge is 2.17. The van der Waals surface area contributed by atoms with Gasteiger partial charge in [-0.15, -0.1) is 0 Å². The van der Waals surface area contributed by atoms with Crippen molar-refractivity contribution in [2.45, 2.75) is 46.1 Å². The minimum Gasteiger partial charge on any atom is -0.450 e. The van der Waals surface area contributed by atoms with E-state index in [0.29, 0.717) is 6.61 Å². The number of hydrogen-bond donors (Lipinski definition) is 1. The molecule has 88 valence electrons. The van der Waals surface area contributed by atoms with E-state index in [1.165, 1.54) is 0 Å².